The van der Waals surface area contributed by atoms with E-state index in [-0.39, 0.29) is 11.3 Å². The number of nitrogens with one attached hydrogen (secondary N) is 1. The molecule has 1 amide bonds. The first-order valence-electron chi connectivity index (χ1n) is 6.90. The van der Waals surface area contributed by atoms with Crippen LogP contribution in [0.4, 0.5) is 4.39 Å². The lowest BCUT2D eigenvalue weighted by molar-refractivity contribution is -0.143. The van der Waals surface area contributed by atoms with E-state index in [4.69, 9.17) is 4.74 Å². The van der Waals surface area contributed by atoms with Crippen LogP contribution in [0.25, 0.3) is 0 Å². The van der Waals surface area contributed by atoms with Crippen molar-refractivity contribution in [2.45, 2.75) is 31.7 Å². The smallest absolute Gasteiger partial charge is 0.308 e. The first-order chi connectivity index (χ1) is 10.0. The zero-order chi connectivity index (χ0) is 15.4. The maximum absolute atomic E-state index is 13.6. The van der Waals surface area contributed by atoms with Gasteiger partial charge < -0.3 is 15.2 Å². The van der Waals surface area contributed by atoms with Gasteiger partial charge in [-0.3, -0.25) is 9.59 Å². The molecule has 0 heterocycles. The van der Waals surface area contributed by atoms with E-state index in [9.17, 15) is 19.1 Å². The Morgan fingerprint density at radius 2 is 2.05 bits per heavy atom. The summed E-state index contributed by atoms with van der Waals surface area (Å²) < 4.78 is 18.4. The number of carboxylic acids is 1. The van der Waals surface area contributed by atoms with Crippen molar-refractivity contribution >= 4 is 11.9 Å². The molecule has 114 valence electrons. The normalized spacial score (nSPS) is 21.6. The number of ether oxygens (including phenoxy) is 1. The van der Waals surface area contributed by atoms with Gasteiger partial charge in [0.2, 0.25) is 0 Å². The van der Waals surface area contributed by atoms with Crippen LogP contribution < -0.4 is 10.1 Å². The SMILES string of the molecule is COc1ccc(C(=O)NC2CCCCC2C(=O)O)cc1F. The van der Waals surface area contributed by atoms with Crippen molar-refractivity contribution in [3.05, 3.63) is 29.6 Å². The predicted octanol–water partition coefficient (Wildman–Crippen LogP) is 2.21. The fourth-order valence-corrected chi connectivity index (χ4v) is 2.66. The molecule has 1 aliphatic rings. The van der Waals surface area contributed by atoms with Crippen LogP contribution in [0.1, 0.15) is 36.0 Å². The second kappa shape index (κ2) is 6.56. The van der Waals surface area contributed by atoms with Gasteiger partial charge in [0.25, 0.3) is 5.91 Å². The molecule has 2 N–H and O–H groups in total. The van der Waals surface area contributed by atoms with E-state index in [2.05, 4.69) is 5.32 Å². The zero-order valence-electron chi connectivity index (χ0n) is 11.8. The monoisotopic (exact) mass is 295 g/mol. The highest BCUT2D eigenvalue weighted by Gasteiger charge is 2.32. The first kappa shape index (κ1) is 15.3. The minimum atomic E-state index is -0.902. The minimum absolute atomic E-state index is 0.0626. The van der Waals surface area contributed by atoms with Crippen LogP contribution in [0.15, 0.2) is 18.2 Å². The summed E-state index contributed by atoms with van der Waals surface area (Å²) >= 11 is 0. The van der Waals surface area contributed by atoms with Crippen LogP contribution in [0, 0.1) is 11.7 Å². The van der Waals surface area contributed by atoms with Gasteiger partial charge in [0.15, 0.2) is 11.6 Å². The molecule has 1 aromatic rings. The zero-order valence-corrected chi connectivity index (χ0v) is 11.8. The molecule has 1 saturated carbocycles. The van der Waals surface area contributed by atoms with Gasteiger partial charge in [0.05, 0.1) is 13.0 Å². The van der Waals surface area contributed by atoms with Gasteiger partial charge >= 0.3 is 5.97 Å². The molecule has 1 fully saturated rings. The molecule has 0 aliphatic heterocycles. The third kappa shape index (κ3) is 3.51. The summed E-state index contributed by atoms with van der Waals surface area (Å²) in [5, 5.41) is 11.9. The summed E-state index contributed by atoms with van der Waals surface area (Å²) in [7, 11) is 1.34. The Kier molecular flexibility index (Phi) is 4.77. The Balaban J connectivity index is 2.09. The summed E-state index contributed by atoms with van der Waals surface area (Å²) in [6.45, 7) is 0. The van der Waals surface area contributed by atoms with Crippen LogP contribution in [0.5, 0.6) is 5.75 Å². The number of hydrogen-bond acceptors (Lipinski definition) is 3. The Labute approximate surface area is 122 Å². The maximum Gasteiger partial charge on any atom is 0.308 e. The van der Waals surface area contributed by atoms with Crippen LogP contribution >= 0.6 is 0 Å². The average molecular weight is 295 g/mol. The second-order valence-electron chi connectivity index (χ2n) is 5.16. The molecule has 2 rings (SSSR count). The summed E-state index contributed by atoms with van der Waals surface area (Å²) in [5.41, 5.74) is 0.156. The summed E-state index contributed by atoms with van der Waals surface area (Å²) in [5.74, 6) is -2.50. The number of amides is 1. The number of benzene rings is 1. The number of aliphatic carboxylic acids is 1. The van der Waals surface area contributed by atoms with E-state index in [1.54, 1.807) is 0 Å². The van der Waals surface area contributed by atoms with Gasteiger partial charge in [-0.25, -0.2) is 4.39 Å². The lowest BCUT2D eigenvalue weighted by Crippen LogP contribution is -2.45. The number of hydrogen-bond donors (Lipinski definition) is 2. The molecule has 5 nitrogen and oxygen atoms in total. The lowest BCUT2D eigenvalue weighted by Gasteiger charge is -2.29. The number of rotatable bonds is 4. The number of carboxylic acid groups (broad SMARTS) is 1. The highest BCUT2D eigenvalue weighted by Crippen LogP contribution is 2.25. The van der Waals surface area contributed by atoms with Crippen molar-refractivity contribution in [1.82, 2.24) is 5.32 Å². The quantitative estimate of drug-likeness (QED) is 0.893. The highest BCUT2D eigenvalue weighted by atomic mass is 19.1. The van der Waals surface area contributed by atoms with Crippen LogP contribution in [-0.2, 0) is 4.79 Å². The molecule has 1 aromatic carbocycles. The van der Waals surface area contributed by atoms with E-state index in [1.807, 2.05) is 0 Å². The molecule has 0 radical (unpaired) electrons. The maximum atomic E-state index is 13.6. The number of halogens is 1. The van der Waals surface area contributed by atoms with E-state index >= 15 is 0 Å². The van der Waals surface area contributed by atoms with Gasteiger partial charge in [-0.1, -0.05) is 12.8 Å². The molecule has 2 unspecified atom stereocenters. The molecular formula is C15H18FNO4. The van der Waals surface area contributed by atoms with Crippen molar-refractivity contribution < 1.29 is 23.8 Å². The summed E-state index contributed by atoms with van der Waals surface area (Å²) in [6.07, 6.45) is 2.91. The molecule has 0 saturated heterocycles. The molecule has 0 spiro atoms. The van der Waals surface area contributed by atoms with Crippen molar-refractivity contribution in [3.63, 3.8) is 0 Å². The van der Waals surface area contributed by atoms with Crippen molar-refractivity contribution in [2.24, 2.45) is 5.92 Å². The molecule has 6 heteroatoms. The van der Waals surface area contributed by atoms with E-state index < -0.39 is 29.7 Å². The fraction of sp³-hybridized carbons (Fsp3) is 0.467. The lowest BCUT2D eigenvalue weighted by atomic mass is 9.84. The Morgan fingerprint density at radius 1 is 1.33 bits per heavy atom. The second-order valence-corrected chi connectivity index (χ2v) is 5.16. The van der Waals surface area contributed by atoms with Crippen LogP contribution in [0.3, 0.4) is 0 Å². The third-order valence-electron chi connectivity index (χ3n) is 3.81. The molecule has 0 bridgehead atoms. The minimum Gasteiger partial charge on any atom is -0.494 e. The molecule has 0 aromatic heterocycles. The average Bonchev–Trinajstić information content (AvgIpc) is 2.47. The summed E-state index contributed by atoms with van der Waals surface area (Å²) in [4.78, 5) is 23.3. The highest BCUT2D eigenvalue weighted by molar-refractivity contribution is 5.94. The van der Waals surface area contributed by atoms with Crippen LogP contribution in [-0.4, -0.2) is 30.1 Å². The Hall–Kier alpha value is -2.11. The van der Waals surface area contributed by atoms with E-state index in [0.29, 0.717) is 12.8 Å². The largest absolute Gasteiger partial charge is 0.494 e. The van der Waals surface area contributed by atoms with Crippen molar-refractivity contribution in [2.75, 3.05) is 7.11 Å². The Morgan fingerprint density at radius 3 is 2.67 bits per heavy atom. The molecule has 21 heavy (non-hydrogen) atoms. The van der Waals surface area contributed by atoms with Gasteiger partial charge in [0, 0.05) is 11.6 Å². The Bertz CT molecular complexity index is 546. The van der Waals surface area contributed by atoms with Crippen LogP contribution in [0.2, 0.25) is 0 Å². The van der Waals surface area contributed by atoms with Gasteiger partial charge in [0.1, 0.15) is 0 Å². The number of carbonyl (C=O) groups excluding carboxylic acids is 1. The number of carbonyl (C=O) groups is 2. The van der Waals surface area contributed by atoms with Gasteiger partial charge in [-0.15, -0.1) is 0 Å². The fourth-order valence-electron chi connectivity index (χ4n) is 2.66. The topological polar surface area (TPSA) is 75.6 Å². The third-order valence-corrected chi connectivity index (χ3v) is 3.81. The van der Waals surface area contributed by atoms with Gasteiger partial charge in [-0.2, -0.15) is 0 Å². The van der Waals surface area contributed by atoms with Crippen molar-refractivity contribution in [3.8, 4) is 5.75 Å². The summed E-state index contributed by atoms with van der Waals surface area (Å²) in [6, 6.07) is 3.51. The predicted molar refractivity (Wildman–Crippen MR) is 73.8 cm³/mol. The number of methoxy groups -OCH3 is 1. The molecule has 1 aliphatic carbocycles. The van der Waals surface area contributed by atoms with E-state index in [0.717, 1.165) is 18.9 Å². The van der Waals surface area contributed by atoms with E-state index in [1.165, 1.54) is 19.2 Å². The van der Waals surface area contributed by atoms with Gasteiger partial charge in [-0.05, 0) is 31.0 Å². The standard InChI is InChI=1S/C15H18FNO4/c1-21-13-7-6-9(8-11(13)16)14(18)17-12-5-3-2-4-10(12)15(19)20/h6-8,10,12H,2-5H2,1H3,(H,17,18)(H,19,20). The molecule has 2 atom stereocenters. The van der Waals surface area contributed by atoms with Crippen molar-refractivity contribution in [1.29, 1.82) is 0 Å². The first-order valence-corrected chi connectivity index (χ1v) is 6.90. The molecular weight excluding hydrogens is 277 g/mol.